The fourth-order valence-corrected chi connectivity index (χ4v) is 3.07. The van der Waals surface area contributed by atoms with Crippen molar-refractivity contribution < 1.29 is 9.47 Å². The molecule has 2 rings (SSSR count). The Morgan fingerprint density at radius 2 is 1.78 bits per heavy atom. The molecule has 0 N–H and O–H groups in total. The van der Waals surface area contributed by atoms with Crippen LogP contribution >= 0.6 is 27.5 Å². The zero-order valence-corrected chi connectivity index (χ0v) is 13.0. The first-order valence-corrected chi connectivity index (χ1v) is 7.58. The lowest BCUT2D eigenvalue weighted by Gasteiger charge is -2.44. The van der Waals surface area contributed by atoms with Crippen LogP contribution in [0.4, 0.5) is 0 Å². The zero-order valence-electron chi connectivity index (χ0n) is 10.7. The van der Waals surface area contributed by atoms with Crippen molar-refractivity contribution >= 4 is 27.5 Å². The first-order valence-electron chi connectivity index (χ1n) is 6.02. The molecule has 0 radical (unpaired) electrons. The molecule has 1 aliphatic rings. The Labute approximate surface area is 122 Å². The van der Waals surface area contributed by atoms with Crippen LogP contribution in [0.2, 0.25) is 0 Å². The van der Waals surface area contributed by atoms with Gasteiger partial charge in [0.05, 0.1) is 18.5 Å². The van der Waals surface area contributed by atoms with E-state index in [4.69, 9.17) is 21.1 Å². The highest BCUT2D eigenvalue weighted by molar-refractivity contribution is 9.09. The second-order valence-electron chi connectivity index (χ2n) is 5.46. The molecule has 0 spiro atoms. The molecule has 1 aromatic rings. The van der Waals surface area contributed by atoms with Crippen molar-refractivity contribution in [2.45, 2.75) is 25.0 Å². The fraction of sp³-hybridized carbons (Fsp3) is 0.571. The van der Waals surface area contributed by atoms with E-state index in [1.807, 2.05) is 30.3 Å². The van der Waals surface area contributed by atoms with E-state index >= 15 is 0 Å². The molecule has 1 fully saturated rings. The van der Waals surface area contributed by atoms with E-state index in [9.17, 15) is 0 Å². The van der Waals surface area contributed by atoms with Crippen molar-refractivity contribution in [1.82, 2.24) is 0 Å². The average molecular weight is 334 g/mol. The summed E-state index contributed by atoms with van der Waals surface area (Å²) in [5.41, 5.74) is 1.05. The molecule has 1 atom stereocenters. The minimum absolute atomic E-state index is 0.0406. The van der Waals surface area contributed by atoms with Gasteiger partial charge in [-0.3, -0.25) is 0 Å². The molecule has 1 saturated heterocycles. The molecule has 18 heavy (non-hydrogen) atoms. The van der Waals surface area contributed by atoms with Gasteiger partial charge in [0, 0.05) is 5.41 Å². The standard InChI is InChI=1S/C14H18BrClO2/c1-13(2)9-17-14(8-15,18-10-13)12(16)11-6-4-3-5-7-11/h3-7,12H,8-10H2,1-2H3. The molecule has 1 heterocycles. The molecule has 1 aromatic carbocycles. The van der Waals surface area contributed by atoms with Crippen molar-refractivity contribution in [2.75, 3.05) is 18.5 Å². The van der Waals surface area contributed by atoms with Gasteiger partial charge in [-0.15, -0.1) is 11.6 Å². The van der Waals surface area contributed by atoms with Gasteiger partial charge in [0.15, 0.2) is 5.79 Å². The van der Waals surface area contributed by atoms with Crippen molar-refractivity contribution in [3.63, 3.8) is 0 Å². The topological polar surface area (TPSA) is 18.5 Å². The molecule has 0 aliphatic carbocycles. The Morgan fingerprint density at radius 3 is 2.28 bits per heavy atom. The molecule has 0 aromatic heterocycles. The lowest BCUT2D eigenvalue weighted by atomic mass is 9.93. The van der Waals surface area contributed by atoms with Gasteiger partial charge in [-0.25, -0.2) is 0 Å². The SMILES string of the molecule is CC1(C)COC(CBr)(C(Cl)c2ccccc2)OC1. The van der Waals surface area contributed by atoms with E-state index < -0.39 is 5.79 Å². The number of alkyl halides is 2. The molecular formula is C14H18BrClO2. The van der Waals surface area contributed by atoms with Gasteiger partial charge in [-0.05, 0) is 5.56 Å². The Balaban J connectivity index is 2.19. The summed E-state index contributed by atoms with van der Waals surface area (Å²) < 4.78 is 11.9. The summed E-state index contributed by atoms with van der Waals surface area (Å²) in [5, 5.41) is 0.230. The number of halogens is 2. The van der Waals surface area contributed by atoms with Crippen molar-refractivity contribution in [3.05, 3.63) is 35.9 Å². The zero-order chi connectivity index (χ0) is 13.2. The number of hydrogen-bond donors (Lipinski definition) is 0. The smallest absolute Gasteiger partial charge is 0.198 e. The highest BCUT2D eigenvalue weighted by Gasteiger charge is 2.46. The normalized spacial score (nSPS) is 23.6. The van der Waals surface area contributed by atoms with Crippen molar-refractivity contribution in [2.24, 2.45) is 5.41 Å². The number of hydrogen-bond acceptors (Lipinski definition) is 2. The summed E-state index contributed by atoms with van der Waals surface area (Å²) in [4.78, 5) is 0. The molecule has 100 valence electrons. The van der Waals surface area contributed by atoms with E-state index in [2.05, 4.69) is 29.8 Å². The van der Waals surface area contributed by atoms with Crippen LogP contribution in [-0.2, 0) is 9.47 Å². The van der Waals surface area contributed by atoms with E-state index in [0.29, 0.717) is 18.5 Å². The van der Waals surface area contributed by atoms with Gasteiger partial charge in [0.2, 0.25) is 0 Å². The first kappa shape index (κ1) is 14.3. The summed E-state index contributed by atoms with van der Waals surface area (Å²) >= 11 is 10.0. The summed E-state index contributed by atoms with van der Waals surface area (Å²) in [5.74, 6) is -0.779. The molecule has 0 amide bonds. The summed E-state index contributed by atoms with van der Waals surface area (Å²) in [7, 11) is 0. The van der Waals surface area contributed by atoms with Gasteiger partial charge >= 0.3 is 0 Å². The Hall–Kier alpha value is -0.0900. The van der Waals surface area contributed by atoms with Crippen LogP contribution in [0.1, 0.15) is 24.8 Å². The van der Waals surface area contributed by atoms with Crippen LogP contribution < -0.4 is 0 Å². The van der Waals surface area contributed by atoms with E-state index in [-0.39, 0.29) is 10.8 Å². The molecule has 4 heteroatoms. The lowest BCUT2D eigenvalue weighted by Crippen LogP contribution is -2.51. The third-order valence-corrected chi connectivity index (χ3v) is 4.45. The van der Waals surface area contributed by atoms with Gasteiger partial charge in [-0.1, -0.05) is 60.1 Å². The predicted octanol–water partition coefficient (Wildman–Crippen LogP) is 4.13. The summed E-state index contributed by atoms with van der Waals surface area (Å²) in [6, 6.07) is 9.90. The summed E-state index contributed by atoms with van der Waals surface area (Å²) in [6.45, 7) is 5.54. The average Bonchev–Trinajstić information content (AvgIpc) is 2.40. The van der Waals surface area contributed by atoms with Gasteiger partial charge in [-0.2, -0.15) is 0 Å². The fourth-order valence-electron chi connectivity index (χ4n) is 1.89. The van der Waals surface area contributed by atoms with Crippen LogP contribution in [0, 0.1) is 5.41 Å². The van der Waals surface area contributed by atoms with Crippen LogP contribution in [0.25, 0.3) is 0 Å². The molecule has 2 nitrogen and oxygen atoms in total. The summed E-state index contributed by atoms with van der Waals surface area (Å²) in [6.07, 6.45) is 0. The molecular weight excluding hydrogens is 316 g/mol. The second kappa shape index (κ2) is 5.49. The lowest BCUT2D eigenvalue weighted by molar-refractivity contribution is -0.287. The first-order chi connectivity index (χ1) is 8.49. The van der Waals surface area contributed by atoms with Gasteiger partial charge in [0.1, 0.15) is 5.38 Å². The Bertz CT molecular complexity index is 384. The van der Waals surface area contributed by atoms with E-state index in [1.165, 1.54) is 0 Å². The van der Waals surface area contributed by atoms with Crippen molar-refractivity contribution in [1.29, 1.82) is 0 Å². The van der Waals surface area contributed by atoms with Crippen LogP contribution in [0.15, 0.2) is 30.3 Å². The van der Waals surface area contributed by atoms with Crippen LogP contribution in [0.3, 0.4) is 0 Å². The minimum atomic E-state index is -0.779. The molecule has 0 bridgehead atoms. The van der Waals surface area contributed by atoms with E-state index in [1.54, 1.807) is 0 Å². The maximum atomic E-state index is 6.56. The van der Waals surface area contributed by atoms with E-state index in [0.717, 1.165) is 5.56 Å². The van der Waals surface area contributed by atoms with Gasteiger partial charge < -0.3 is 9.47 Å². The highest BCUT2D eigenvalue weighted by atomic mass is 79.9. The highest BCUT2D eigenvalue weighted by Crippen LogP contribution is 2.42. The predicted molar refractivity (Wildman–Crippen MR) is 77.2 cm³/mol. The Kier molecular flexibility index (Phi) is 4.37. The third kappa shape index (κ3) is 2.90. The second-order valence-corrected chi connectivity index (χ2v) is 6.46. The monoisotopic (exact) mass is 332 g/mol. The number of benzene rings is 1. The maximum absolute atomic E-state index is 6.56. The number of ether oxygens (including phenoxy) is 2. The van der Waals surface area contributed by atoms with Gasteiger partial charge in [0.25, 0.3) is 0 Å². The largest absolute Gasteiger partial charge is 0.347 e. The number of rotatable bonds is 3. The third-order valence-electron chi connectivity index (χ3n) is 3.08. The van der Waals surface area contributed by atoms with Crippen LogP contribution in [0.5, 0.6) is 0 Å². The van der Waals surface area contributed by atoms with Crippen molar-refractivity contribution in [3.8, 4) is 0 Å². The minimum Gasteiger partial charge on any atom is -0.347 e. The molecule has 0 saturated carbocycles. The molecule has 1 unspecified atom stereocenters. The van der Waals surface area contributed by atoms with Crippen LogP contribution in [-0.4, -0.2) is 24.3 Å². The Morgan fingerprint density at radius 1 is 1.22 bits per heavy atom. The quantitative estimate of drug-likeness (QED) is 0.774. The maximum Gasteiger partial charge on any atom is 0.198 e. The molecule has 1 aliphatic heterocycles.